The minimum absolute atomic E-state index is 0.0755. The van der Waals surface area contributed by atoms with Crippen molar-refractivity contribution < 1.29 is 12.9 Å². The fraction of sp³-hybridized carbons (Fsp3) is 0.250. The molecule has 0 saturated heterocycles. The largest absolute Gasteiger partial charge is 0.399 e. The summed E-state index contributed by atoms with van der Waals surface area (Å²) in [7, 11) is -3.62. The van der Waals surface area contributed by atoms with Gasteiger partial charge in [-0.05, 0) is 37.1 Å². The second-order valence-electron chi connectivity index (χ2n) is 4.28. The average molecular weight is 281 g/mol. The molecule has 0 radical (unpaired) electrons. The van der Waals surface area contributed by atoms with Gasteiger partial charge in [0.25, 0.3) is 0 Å². The van der Waals surface area contributed by atoms with Gasteiger partial charge in [0.2, 0.25) is 10.0 Å². The average Bonchev–Trinajstić information content (AvgIpc) is 2.84. The van der Waals surface area contributed by atoms with Crippen LogP contribution in [-0.2, 0) is 16.6 Å². The molecule has 0 atom stereocenters. The van der Waals surface area contributed by atoms with Crippen molar-refractivity contribution in [3.8, 4) is 0 Å². The van der Waals surface area contributed by atoms with Crippen molar-refractivity contribution in [1.82, 2.24) is 9.88 Å². The Morgan fingerprint density at radius 1 is 1.37 bits per heavy atom. The topological polar surface area (TPSA) is 98.2 Å². The van der Waals surface area contributed by atoms with E-state index in [1.165, 1.54) is 12.3 Å². The van der Waals surface area contributed by atoms with E-state index in [4.69, 9.17) is 5.73 Å². The molecule has 1 aromatic carbocycles. The lowest BCUT2D eigenvalue weighted by molar-refractivity contribution is 0.411. The van der Waals surface area contributed by atoms with Crippen LogP contribution in [-0.4, -0.2) is 13.6 Å². The molecular weight excluding hydrogens is 266 g/mol. The number of benzene rings is 1. The molecule has 102 valence electrons. The van der Waals surface area contributed by atoms with Gasteiger partial charge in [-0.25, -0.2) is 13.1 Å². The van der Waals surface area contributed by atoms with Crippen molar-refractivity contribution in [3.05, 3.63) is 41.3 Å². The van der Waals surface area contributed by atoms with Gasteiger partial charge in [-0.2, -0.15) is 0 Å². The van der Waals surface area contributed by atoms with Crippen LogP contribution in [0.15, 0.2) is 33.9 Å². The third kappa shape index (κ3) is 2.94. The Labute approximate surface area is 111 Å². The Balaban J connectivity index is 2.29. The molecule has 1 heterocycles. The van der Waals surface area contributed by atoms with Gasteiger partial charge < -0.3 is 10.3 Å². The standard InChI is InChI=1S/C12H15N3O3S/c1-8-5-10(13)6-12(9(8)2)19(16,17)14-7-11-3-4-18-15-11/h3-6,14H,7,13H2,1-2H3. The smallest absolute Gasteiger partial charge is 0.241 e. The second-order valence-corrected chi connectivity index (χ2v) is 6.01. The van der Waals surface area contributed by atoms with Gasteiger partial charge in [-0.1, -0.05) is 5.16 Å². The van der Waals surface area contributed by atoms with Crippen LogP contribution in [0.5, 0.6) is 0 Å². The lowest BCUT2D eigenvalue weighted by atomic mass is 10.1. The molecule has 2 aromatic rings. The quantitative estimate of drug-likeness (QED) is 0.824. The van der Waals surface area contributed by atoms with Gasteiger partial charge in [0.1, 0.15) is 6.26 Å². The highest BCUT2D eigenvalue weighted by atomic mass is 32.2. The Kier molecular flexibility index (Phi) is 3.59. The van der Waals surface area contributed by atoms with E-state index in [1.54, 1.807) is 19.1 Å². The van der Waals surface area contributed by atoms with E-state index in [1.807, 2.05) is 6.92 Å². The van der Waals surface area contributed by atoms with Crippen LogP contribution >= 0.6 is 0 Å². The predicted octanol–water partition coefficient (Wildman–Crippen LogP) is 1.35. The molecule has 19 heavy (non-hydrogen) atoms. The molecule has 6 nitrogen and oxygen atoms in total. The fourth-order valence-electron chi connectivity index (χ4n) is 1.71. The number of nitrogens with one attached hydrogen (secondary N) is 1. The first kappa shape index (κ1) is 13.6. The minimum atomic E-state index is -3.62. The Bertz CT molecular complexity index is 678. The minimum Gasteiger partial charge on any atom is -0.399 e. The number of hydrogen-bond donors (Lipinski definition) is 2. The van der Waals surface area contributed by atoms with E-state index in [2.05, 4.69) is 14.4 Å². The molecule has 0 saturated carbocycles. The molecule has 0 bridgehead atoms. The van der Waals surface area contributed by atoms with Gasteiger partial charge in [0, 0.05) is 11.8 Å². The van der Waals surface area contributed by atoms with Crippen LogP contribution in [0.25, 0.3) is 0 Å². The highest BCUT2D eigenvalue weighted by molar-refractivity contribution is 7.89. The number of rotatable bonds is 4. The van der Waals surface area contributed by atoms with E-state index < -0.39 is 10.0 Å². The molecule has 0 fully saturated rings. The predicted molar refractivity (Wildman–Crippen MR) is 70.9 cm³/mol. The second kappa shape index (κ2) is 5.02. The Morgan fingerprint density at radius 2 is 2.11 bits per heavy atom. The molecule has 0 aliphatic carbocycles. The Morgan fingerprint density at radius 3 is 2.74 bits per heavy atom. The highest BCUT2D eigenvalue weighted by Crippen LogP contribution is 2.22. The maximum atomic E-state index is 12.2. The van der Waals surface area contributed by atoms with E-state index >= 15 is 0 Å². The summed E-state index contributed by atoms with van der Waals surface area (Å²) in [5, 5.41) is 3.64. The normalized spacial score (nSPS) is 11.7. The molecule has 7 heteroatoms. The SMILES string of the molecule is Cc1cc(N)cc(S(=O)(=O)NCc2ccon2)c1C. The lowest BCUT2D eigenvalue weighted by Crippen LogP contribution is -2.24. The number of aromatic nitrogens is 1. The van der Waals surface area contributed by atoms with Gasteiger partial charge in [-0.15, -0.1) is 0 Å². The molecule has 0 amide bonds. The van der Waals surface area contributed by atoms with Crippen LogP contribution in [0.3, 0.4) is 0 Å². The van der Waals surface area contributed by atoms with Crippen LogP contribution in [0.4, 0.5) is 5.69 Å². The molecule has 0 aliphatic rings. The van der Waals surface area contributed by atoms with Gasteiger partial charge in [0.15, 0.2) is 0 Å². The zero-order valence-corrected chi connectivity index (χ0v) is 11.5. The first-order chi connectivity index (χ1) is 8.90. The van der Waals surface area contributed by atoms with Gasteiger partial charge in [0.05, 0.1) is 17.1 Å². The lowest BCUT2D eigenvalue weighted by Gasteiger charge is -2.11. The van der Waals surface area contributed by atoms with Crippen molar-refractivity contribution in [2.45, 2.75) is 25.3 Å². The van der Waals surface area contributed by atoms with E-state index in [9.17, 15) is 8.42 Å². The van der Waals surface area contributed by atoms with E-state index in [0.717, 1.165) is 5.56 Å². The zero-order chi connectivity index (χ0) is 14.0. The van der Waals surface area contributed by atoms with Gasteiger partial charge >= 0.3 is 0 Å². The highest BCUT2D eigenvalue weighted by Gasteiger charge is 2.18. The monoisotopic (exact) mass is 281 g/mol. The molecule has 2 rings (SSSR count). The molecular formula is C12H15N3O3S. The van der Waals surface area contributed by atoms with Crippen molar-refractivity contribution in [1.29, 1.82) is 0 Å². The molecule has 0 aliphatic heterocycles. The molecule has 1 aromatic heterocycles. The van der Waals surface area contributed by atoms with E-state index in [-0.39, 0.29) is 11.4 Å². The zero-order valence-electron chi connectivity index (χ0n) is 10.7. The summed E-state index contributed by atoms with van der Waals surface area (Å²) >= 11 is 0. The number of hydrogen-bond acceptors (Lipinski definition) is 5. The summed E-state index contributed by atoms with van der Waals surface area (Å²) in [6.45, 7) is 3.65. The molecule has 3 N–H and O–H groups in total. The van der Waals surface area contributed by atoms with Crippen molar-refractivity contribution in [2.24, 2.45) is 0 Å². The summed E-state index contributed by atoms with van der Waals surface area (Å²) in [6.07, 6.45) is 1.39. The summed E-state index contributed by atoms with van der Waals surface area (Å²) < 4.78 is 31.6. The molecule has 0 spiro atoms. The Hall–Kier alpha value is -1.86. The summed E-state index contributed by atoms with van der Waals surface area (Å²) in [6, 6.07) is 4.79. The van der Waals surface area contributed by atoms with Crippen molar-refractivity contribution in [3.63, 3.8) is 0 Å². The summed E-state index contributed by atoms with van der Waals surface area (Å²) in [4.78, 5) is 0.188. The van der Waals surface area contributed by atoms with Crippen LogP contribution in [0.1, 0.15) is 16.8 Å². The van der Waals surface area contributed by atoms with Gasteiger partial charge in [-0.3, -0.25) is 0 Å². The fourth-order valence-corrected chi connectivity index (χ4v) is 3.06. The van der Waals surface area contributed by atoms with Crippen LogP contribution in [0.2, 0.25) is 0 Å². The number of aryl methyl sites for hydroxylation is 1. The number of nitrogen functional groups attached to an aromatic ring is 1. The van der Waals surface area contributed by atoms with E-state index in [0.29, 0.717) is 16.9 Å². The van der Waals surface area contributed by atoms with Crippen molar-refractivity contribution in [2.75, 3.05) is 5.73 Å². The number of sulfonamides is 1. The third-order valence-electron chi connectivity index (χ3n) is 2.87. The van der Waals surface area contributed by atoms with Crippen LogP contribution < -0.4 is 10.5 Å². The number of anilines is 1. The first-order valence-corrected chi connectivity index (χ1v) is 7.14. The first-order valence-electron chi connectivity index (χ1n) is 5.66. The third-order valence-corrected chi connectivity index (χ3v) is 4.39. The summed E-state index contributed by atoms with van der Waals surface area (Å²) in [5.74, 6) is 0. The number of nitrogens with zero attached hydrogens (tertiary/aromatic N) is 1. The van der Waals surface area contributed by atoms with Crippen LogP contribution in [0, 0.1) is 13.8 Å². The number of nitrogens with two attached hydrogens (primary N) is 1. The van der Waals surface area contributed by atoms with Crippen molar-refractivity contribution >= 4 is 15.7 Å². The maximum absolute atomic E-state index is 12.2. The molecule has 0 unspecified atom stereocenters. The summed E-state index contributed by atoms with van der Waals surface area (Å²) in [5.41, 5.74) is 8.15. The maximum Gasteiger partial charge on any atom is 0.241 e.